The van der Waals surface area contributed by atoms with Crippen molar-refractivity contribution < 1.29 is 4.74 Å². The minimum atomic E-state index is -0.0196. The molecule has 0 unspecified atom stereocenters. The molecular formula is C23H24N4O. The molecule has 0 bridgehead atoms. The van der Waals surface area contributed by atoms with E-state index in [-0.39, 0.29) is 6.04 Å². The Hall–Kier alpha value is -3.18. The van der Waals surface area contributed by atoms with Crippen molar-refractivity contribution in [3.8, 4) is 16.9 Å². The lowest BCUT2D eigenvalue weighted by Crippen LogP contribution is -2.28. The second kappa shape index (κ2) is 8.23. The first-order valence-electron chi connectivity index (χ1n) is 9.51. The van der Waals surface area contributed by atoms with Crippen molar-refractivity contribution in [2.75, 3.05) is 6.61 Å². The second-order valence-corrected chi connectivity index (χ2v) is 7.07. The lowest BCUT2D eigenvalue weighted by atomic mass is 10.0. The molecule has 4 aromatic rings. The van der Waals surface area contributed by atoms with Crippen LogP contribution in [0, 0.1) is 6.92 Å². The van der Waals surface area contributed by atoms with Gasteiger partial charge < -0.3 is 10.5 Å². The Morgan fingerprint density at radius 3 is 2.75 bits per heavy atom. The Morgan fingerprint density at radius 2 is 1.89 bits per heavy atom. The Kier molecular flexibility index (Phi) is 5.35. The van der Waals surface area contributed by atoms with E-state index < -0.39 is 0 Å². The van der Waals surface area contributed by atoms with Crippen LogP contribution in [0.3, 0.4) is 0 Å². The number of ether oxygens (including phenoxy) is 1. The van der Waals surface area contributed by atoms with Gasteiger partial charge in [-0.05, 0) is 49.1 Å². The largest absolute Gasteiger partial charge is 0.490 e. The molecule has 5 heteroatoms. The molecule has 28 heavy (non-hydrogen) atoms. The van der Waals surface area contributed by atoms with Crippen LogP contribution in [0.4, 0.5) is 0 Å². The number of hydrogen-bond acceptors (Lipinski definition) is 4. The Bertz CT molecular complexity index is 1060. The third-order valence-corrected chi connectivity index (χ3v) is 4.91. The molecule has 0 aliphatic rings. The highest BCUT2D eigenvalue weighted by atomic mass is 16.5. The van der Waals surface area contributed by atoms with Gasteiger partial charge >= 0.3 is 0 Å². The van der Waals surface area contributed by atoms with Gasteiger partial charge in [0.2, 0.25) is 0 Å². The third kappa shape index (κ3) is 4.21. The predicted molar refractivity (Wildman–Crippen MR) is 112 cm³/mol. The molecular weight excluding hydrogens is 348 g/mol. The molecule has 0 aliphatic carbocycles. The number of aryl methyl sites for hydroxylation is 2. The van der Waals surface area contributed by atoms with Crippen LogP contribution in [0.1, 0.15) is 17.7 Å². The molecule has 0 aliphatic heterocycles. The SMILES string of the molecule is Cc1n[nH]c2ccc(-c3cncc(OC[C@@H](N)CCc4ccccc4)c3)cc12. The van der Waals surface area contributed by atoms with E-state index in [0.29, 0.717) is 6.61 Å². The number of rotatable bonds is 7. The fraction of sp³-hybridized carbons (Fsp3) is 0.217. The molecule has 5 nitrogen and oxygen atoms in total. The normalized spacial score (nSPS) is 12.2. The van der Waals surface area contributed by atoms with Crippen LogP contribution in [-0.4, -0.2) is 27.8 Å². The number of hydrogen-bond donors (Lipinski definition) is 2. The smallest absolute Gasteiger partial charge is 0.138 e. The lowest BCUT2D eigenvalue weighted by Gasteiger charge is -2.13. The number of nitrogens with one attached hydrogen (secondary N) is 1. The number of benzene rings is 2. The van der Waals surface area contributed by atoms with Gasteiger partial charge in [-0.3, -0.25) is 10.1 Å². The summed E-state index contributed by atoms with van der Waals surface area (Å²) in [7, 11) is 0. The fourth-order valence-corrected chi connectivity index (χ4v) is 3.26. The van der Waals surface area contributed by atoms with Crippen molar-refractivity contribution in [2.45, 2.75) is 25.8 Å². The van der Waals surface area contributed by atoms with Crippen molar-refractivity contribution >= 4 is 10.9 Å². The summed E-state index contributed by atoms with van der Waals surface area (Å²) in [5.74, 6) is 0.733. The third-order valence-electron chi connectivity index (χ3n) is 4.91. The zero-order valence-electron chi connectivity index (χ0n) is 15.9. The number of aromatic amines is 1. The number of pyridine rings is 1. The van der Waals surface area contributed by atoms with Crippen LogP contribution in [0.2, 0.25) is 0 Å². The summed E-state index contributed by atoms with van der Waals surface area (Å²) >= 11 is 0. The maximum atomic E-state index is 6.23. The van der Waals surface area contributed by atoms with Crippen LogP contribution in [0.5, 0.6) is 5.75 Å². The van der Waals surface area contributed by atoms with E-state index >= 15 is 0 Å². The van der Waals surface area contributed by atoms with E-state index in [0.717, 1.165) is 46.3 Å². The molecule has 4 rings (SSSR count). The van der Waals surface area contributed by atoms with Crippen LogP contribution in [0.15, 0.2) is 67.0 Å². The van der Waals surface area contributed by atoms with E-state index in [1.807, 2.05) is 31.3 Å². The molecule has 2 aromatic carbocycles. The number of H-pyrrole nitrogens is 1. The molecule has 2 aromatic heterocycles. The number of aromatic nitrogens is 3. The highest BCUT2D eigenvalue weighted by Gasteiger charge is 2.08. The topological polar surface area (TPSA) is 76.8 Å². The van der Waals surface area contributed by atoms with Gasteiger partial charge in [0, 0.05) is 23.2 Å². The van der Waals surface area contributed by atoms with Crippen LogP contribution in [0.25, 0.3) is 22.0 Å². The molecule has 1 atom stereocenters. The first kappa shape index (κ1) is 18.2. The summed E-state index contributed by atoms with van der Waals surface area (Å²) in [5.41, 5.74) is 11.6. The zero-order chi connectivity index (χ0) is 19.3. The molecule has 3 N–H and O–H groups in total. The van der Waals surface area contributed by atoms with Crippen LogP contribution < -0.4 is 10.5 Å². The zero-order valence-corrected chi connectivity index (χ0v) is 15.9. The maximum absolute atomic E-state index is 6.23. The summed E-state index contributed by atoms with van der Waals surface area (Å²) in [6.45, 7) is 2.47. The molecule has 0 spiro atoms. The molecule has 0 fully saturated rings. The summed E-state index contributed by atoms with van der Waals surface area (Å²) in [4.78, 5) is 4.33. The van der Waals surface area contributed by atoms with Crippen molar-refractivity contribution in [1.29, 1.82) is 0 Å². The molecule has 0 saturated heterocycles. The predicted octanol–water partition coefficient (Wildman–Crippen LogP) is 4.27. The van der Waals surface area contributed by atoms with Gasteiger partial charge in [0.05, 0.1) is 17.4 Å². The Balaban J connectivity index is 1.39. The first-order chi connectivity index (χ1) is 13.7. The standard InChI is InChI=1S/C23H24N4O/c1-16-22-12-18(8-10-23(22)27-26-16)19-11-21(14-25-13-19)28-15-20(24)9-7-17-5-3-2-4-6-17/h2-6,8,10-14,20H,7,9,15,24H2,1H3,(H,26,27)/t20-/m0/s1. The van der Waals surface area contributed by atoms with Gasteiger partial charge in [-0.1, -0.05) is 36.4 Å². The van der Waals surface area contributed by atoms with Gasteiger partial charge in [0.15, 0.2) is 0 Å². The number of nitrogens with zero attached hydrogens (tertiary/aromatic N) is 2. The van der Waals surface area contributed by atoms with Gasteiger partial charge in [0.25, 0.3) is 0 Å². The van der Waals surface area contributed by atoms with Crippen molar-refractivity contribution in [1.82, 2.24) is 15.2 Å². The molecule has 2 heterocycles. The van der Waals surface area contributed by atoms with E-state index in [1.165, 1.54) is 5.56 Å². The monoisotopic (exact) mass is 372 g/mol. The quantitative estimate of drug-likeness (QED) is 0.508. The average molecular weight is 372 g/mol. The molecule has 0 radical (unpaired) electrons. The maximum Gasteiger partial charge on any atom is 0.138 e. The summed E-state index contributed by atoms with van der Waals surface area (Å²) in [6.07, 6.45) is 5.41. The van der Waals surface area contributed by atoms with Crippen molar-refractivity contribution in [2.24, 2.45) is 5.73 Å². The minimum Gasteiger partial charge on any atom is -0.490 e. The highest BCUT2D eigenvalue weighted by molar-refractivity contribution is 5.86. The van der Waals surface area contributed by atoms with Gasteiger partial charge in [-0.2, -0.15) is 5.10 Å². The molecule has 0 saturated carbocycles. The van der Waals surface area contributed by atoms with Gasteiger partial charge in [0.1, 0.15) is 12.4 Å². The van der Waals surface area contributed by atoms with E-state index in [9.17, 15) is 0 Å². The molecule has 142 valence electrons. The summed E-state index contributed by atoms with van der Waals surface area (Å²) in [6, 6.07) is 18.6. The minimum absolute atomic E-state index is 0.0196. The van der Waals surface area contributed by atoms with Crippen LogP contribution in [-0.2, 0) is 6.42 Å². The second-order valence-electron chi connectivity index (χ2n) is 7.07. The number of nitrogens with two attached hydrogens (primary N) is 1. The lowest BCUT2D eigenvalue weighted by molar-refractivity contribution is 0.281. The van der Waals surface area contributed by atoms with E-state index in [4.69, 9.17) is 10.5 Å². The fourth-order valence-electron chi connectivity index (χ4n) is 3.26. The van der Waals surface area contributed by atoms with Gasteiger partial charge in [-0.15, -0.1) is 0 Å². The summed E-state index contributed by atoms with van der Waals surface area (Å²) in [5, 5.41) is 8.40. The van der Waals surface area contributed by atoms with E-state index in [1.54, 1.807) is 6.20 Å². The van der Waals surface area contributed by atoms with Crippen LogP contribution >= 0.6 is 0 Å². The Labute approximate surface area is 164 Å². The van der Waals surface area contributed by atoms with Gasteiger partial charge in [-0.25, -0.2) is 0 Å². The Morgan fingerprint density at radius 1 is 1.04 bits per heavy atom. The number of fused-ring (bicyclic) bond motifs is 1. The average Bonchev–Trinajstić information content (AvgIpc) is 3.12. The highest BCUT2D eigenvalue weighted by Crippen LogP contribution is 2.27. The van der Waals surface area contributed by atoms with E-state index in [2.05, 4.69) is 51.6 Å². The van der Waals surface area contributed by atoms with Crippen molar-refractivity contribution in [3.63, 3.8) is 0 Å². The summed E-state index contributed by atoms with van der Waals surface area (Å²) < 4.78 is 5.91. The first-order valence-corrected chi connectivity index (χ1v) is 9.51. The van der Waals surface area contributed by atoms with Crippen molar-refractivity contribution in [3.05, 3.63) is 78.2 Å². The molecule has 0 amide bonds.